The molecule has 4 heteroatoms. The summed E-state index contributed by atoms with van der Waals surface area (Å²) in [6.07, 6.45) is 0. The predicted molar refractivity (Wildman–Crippen MR) is 76.3 cm³/mol. The third-order valence-corrected chi connectivity index (χ3v) is 3.48. The maximum Gasteiger partial charge on any atom is 0.141 e. The van der Waals surface area contributed by atoms with E-state index >= 15 is 0 Å². The molecule has 0 aliphatic rings. The Morgan fingerprint density at radius 3 is 2.61 bits per heavy atom. The number of aliphatic hydroxyl groups is 1. The number of halogens is 2. The number of hydrogen-bond acceptors (Lipinski definition) is 2. The zero-order chi connectivity index (χ0) is 13.1. The van der Waals surface area contributed by atoms with E-state index < -0.39 is 0 Å². The molecule has 2 rings (SSSR count). The van der Waals surface area contributed by atoms with Crippen LogP contribution in [0.15, 0.2) is 40.9 Å². The van der Waals surface area contributed by atoms with Gasteiger partial charge in [-0.05, 0) is 58.2 Å². The van der Waals surface area contributed by atoms with Crippen LogP contribution in [0.5, 0.6) is 11.5 Å². The molecule has 0 saturated carbocycles. The number of rotatable bonds is 3. The van der Waals surface area contributed by atoms with Crippen LogP contribution in [0.2, 0.25) is 5.02 Å². The summed E-state index contributed by atoms with van der Waals surface area (Å²) in [6.45, 7) is 1.94. The Kier molecular flexibility index (Phi) is 4.27. The lowest BCUT2D eigenvalue weighted by Crippen LogP contribution is -1.89. The lowest BCUT2D eigenvalue weighted by molar-refractivity contribution is 0.282. The largest absolute Gasteiger partial charge is 0.456 e. The highest BCUT2D eigenvalue weighted by molar-refractivity contribution is 9.10. The van der Waals surface area contributed by atoms with Gasteiger partial charge in [-0.1, -0.05) is 23.7 Å². The van der Waals surface area contributed by atoms with Crippen molar-refractivity contribution >= 4 is 27.5 Å². The Morgan fingerprint density at radius 2 is 2.00 bits per heavy atom. The first kappa shape index (κ1) is 13.4. The minimum atomic E-state index is -0.0761. The van der Waals surface area contributed by atoms with E-state index in [0.717, 1.165) is 15.8 Å². The zero-order valence-electron chi connectivity index (χ0n) is 9.78. The summed E-state index contributed by atoms with van der Waals surface area (Å²) >= 11 is 9.46. The Bertz CT molecular complexity index is 570. The second-order valence-electron chi connectivity index (χ2n) is 3.95. The SMILES string of the molecule is Cc1ccc(Oc2ccc(CO)c(Cl)c2)c(Br)c1. The summed E-state index contributed by atoms with van der Waals surface area (Å²) in [4.78, 5) is 0. The molecule has 0 heterocycles. The van der Waals surface area contributed by atoms with Crippen molar-refractivity contribution in [3.8, 4) is 11.5 Å². The number of aryl methyl sites for hydroxylation is 1. The topological polar surface area (TPSA) is 29.5 Å². The molecule has 0 amide bonds. The third kappa shape index (κ3) is 3.05. The number of benzene rings is 2. The highest BCUT2D eigenvalue weighted by Crippen LogP contribution is 2.32. The van der Waals surface area contributed by atoms with Gasteiger partial charge in [0.2, 0.25) is 0 Å². The molecule has 0 bridgehead atoms. The summed E-state index contributed by atoms with van der Waals surface area (Å²) in [7, 11) is 0. The predicted octanol–water partition coefficient (Wildman–Crippen LogP) is 4.70. The van der Waals surface area contributed by atoms with Crippen LogP contribution < -0.4 is 4.74 Å². The maximum atomic E-state index is 9.04. The second-order valence-corrected chi connectivity index (χ2v) is 5.21. The fourth-order valence-corrected chi connectivity index (χ4v) is 2.34. The monoisotopic (exact) mass is 326 g/mol. The summed E-state index contributed by atoms with van der Waals surface area (Å²) in [5, 5.41) is 9.54. The molecule has 0 radical (unpaired) electrons. The van der Waals surface area contributed by atoms with Gasteiger partial charge in [-0.25, -0.2) is 0 Å². The van der Waals surface area contributed by atoms with Gasteiger partial charge >= 0.3 is 0 Å². The van der Waals surface area contributed by atoms with Gasteiger partial charge in [-0.15, -0.1) is 0 Å². The van der Waals surface area contributed by atoms with E-state index in [-0.39, 0.29) is 6.61 Å². The molecular formula is C14H12BrClO2. The van der Waals surface area contributed by atoms with E-state index in [2.05, 4.69) is 15.9 Å². The van der Waals surface area contributed by atoms with Crippen LogP contribution in [-0.4, -0.2) is 5.11 Å². The molecule has 0 unspecified atom stereocenters. The summed E-state index contributed by atoms with van der Waals surface area (Å²) in [6, 6.07) is 11.1. The maximum absolute atomic E-state index is 9.04. The van der Waals surface area contributed by atoms with Gasteiger partial charge in [0, 0.05) is 5.02 Å². The molecule has 1 N–H and O–H groups in total. The molecule has 94 valence electrons. The Hall–Kier alpha value is -1.03. The lowest BCUT2D eigenvalue weighted by Gasteiger charge is -2.09. The van der Waals surface area contributed by atoms with E-state index in [1.54, 1.807) is 18.2 Å². The fourth-order valence-electron chi connectivity index (χ4n) is 1.54. The van der Waals surface area contributed by atoms with Crippen LogP contribution in [-0.2, 0) is 6.61 Å². The second kappa shape index (κ2) is 5.74. The summed E-state index contributed by atoms with van der Waals surface area (Å²) in [5.41, 5.74) is 1.84. The number of aliphatic hydroxyl groups excluding tert-OH is 1. The number of ether oxygens (including phenoxy) is 1. The molecule has 0 atom stereocenters. The smallest absolute Gasteiger partial charge is 0.141 e. The van der Waals surface area contributed by atoms with E-state index in [4.69, 9.17) is 21.4 Å². The minimum Gasteiger partial charge on any atom is -0.456 e. The first-order valence-corrected chi connectivity index (χ1v) is 6.60. The van der Waals surface area contributed by atoms with Gasteiger partial charge in [0.05, 0.1) is 11.1 Å². The van der Waals surface area contributed by atoms with Crippen molar-refractivity contribution in [2.45, 2.75) is 13.5 Å². The van der Waals surface area contributed by atoms with E-state index in [1.807, 2.05) is 25.1 Å². The first-order chi connectivity index (χ1) is 8.60. The highest BCUT2D eigenvalue weighted by Gasteiger charge is 2.05. The van der Waals surface area contributed by atoms with Crippen LogP contribution in [0.4, 0.5) is 0 Å². The van der Waals surface area contributed by atoms with Crippen LogP contribution in [0.3, 0.4) is 0 Å². The Morgan fingerprint density at radius 1 is 1.22 bits per heavy atom. The van der Waals surface area contributed by atoms with Crippen LogP contribution >= 0.6 is 27.5 Å². The average Bonchev–Trinajstić information content (AvgIpc) is 2.33. The fraction of sp³-hybridized carbons (Fsp3) is 0.143. The third-order valence-electron chi connectivity index (χ3n) is 2.51. The van der Waals surface area contributed by atoms with Crippen molar-refractivity contribution in [2.24, 2.45) is 0 Å². The van der Waals surface area contributed by atoms with Gasteiger partial charge in [-0.3, -0.25) is 0 Å². The van der Waals surface area contributed by atoms with Crippen molar-refractivity contribution in [1.29, 1.82) is 0 Å². The van der Waals surface area contributed by atoms with Crippen molar-refractivity contribution < 1.29 is 9.84 Å². The van der Waals surface area contributed by atoms with Crippen LogP contribution in [0, 0.1) is 6.92 Å². The normalized spacial score (nSPS) is 10.4. The quantitative estimate of drug-likeness (QED) is 0.885. The molecule has 0 fully saturated rings. The van der Waals surface area contributed by atoms with Crippen molar-refractivity contribution in [3.05, 3.63) is 57.0 Å². The van der Waals surface area contributed by atoms with Crippen molar-refractivity contribution in [1.82, 2.24) is 0 Å². The highest BCUT2D eigenvalue weighted by atomic mass is 79.9. The molecule has 18 heavy (non-hydrogen) atoms. The molecule has 0 spiro atoms. The molecule has 0 saturated heterocycles. The molecule has 2 aromatic carbocycles. The average molecular weight is 328 g/mol. The van der Waals surface area contributed by atoms with Gasteiger partial charge < -0.3 is 9.84 Å². The summed E-state index contributed by atoms with van der Waals surface area (Å²) in [5.74, 6) is 1.37. The first-order valence-electron chi connectivity index (χ1n) is 5.43. The standard InChI is InChI=1S/C14H12BrClO2/c1-9-2-5-14(12(15)6-9)18-11-4-3-10(8-17)13(16)7-11/h2-7,17H,8H2,1H3. The lowest BCUT2D eigenvalue weighted by atomic mass is 10.2. The van der Waals surface area contributed by atoms with Gasteiger partial charge in [0.25, 0.3) is 0 Å². The molecule has 0 aliphatic carbocycles. The van der Waals surface area contributed by atoms with Crippen LogP contribution in [0.1, 0.15) is 11.1 Å². The van der Waals surface area contributed by atoms with E-state index in [0.29, 0.717) is 16.3 Å². The number of hydrogen-bond donors (Lipinski definition) is 1. The molecule has 2 nitrogen and oxygen atoms in total. The Balaban J connectivity index is 2.26. The van der Waals surface area contributed by atoms with Gasteiger partial charge in [0.1, 0.15) is 11.5 Å². The van der Waals surface area contributed by atoms with E-state index in [1.165, 1.54) is 0 Å². The molecule has 0 aliphatic heterocycles. The minimum absolute atomic E-state index is 0.0761. The molecule has 2 aromatic rings. The van der Waals surface area contributed by atoms with Crippen molar-refractivity contribution in [3.63, 3.8) is 0 Å². The molecular weight excluding hydrogens is 316 g/mol. The van der Waals surface area contributed by atoms with Gasteiger partial charge in [0.15, 0.2) is 0 Å². The van der Waals surface area contributed by atoms with Gasteiger partial charge in [-0.2, -0.15) is 0 Å². The molecule has 0 aromatic heterocycles. The summed E-state index contributed by atoms with van der Waals surface area (Å²) < 4.78 is 6.62. The van der Waals surface area contributed by atoms with Crippen molar-refractivity contribution in [2.75, 3.05) is 0 Å². The van der Waals surface area contributed by atoms with E-state index in [9.17, 15) is 0 Å². The van der Waals surface area contributed by atoms with Crippen LogP contribution in [0.25, 0.3) is 0 Å². The zero-order valence-corrected chi connectivity index (χ0v) is 12.1. The Labute approximate surface area is 119 Å².